The number of methoxy groups -OCH3 is 2. The molecule has 0 bridgehead atoms. The van der Waals surface area contributed by atoms with Crippen LogP contribution in [0.2, 0.25) is 0 Å². The molecule has 0 saturated heterocycles. The number of benzene rings is 1. The third-order valence-corrected chi connectivity index (χ3v) is 2.43. The fourth-order valence-corrected chi connectivity index (χ4v) is 1.61. The Balaban J connectivity index is 3.36. The lowest BCUT2D eigenvalue weighted by molar-refractivity contribution is -0.385. The van der Waals surface area contributed by atoms with Crippen LogP contribution >= 0.6 is 0 Å². The van der Waals surface area contributed by atoms with Gasteiger partial charge in [-0.3, -0.25) is 14.9 Å². The molecule has 7 nitrogen and oxygen atoms in total. The van der Waals surface area contributed by atoms with Crippen molar-refractivity contribution < 1.29 is 19.2 Å². The highest BCUT2D eigenvalue weighted by molar-refractivity contribution is 5.99. The van der Waals surface area contributed by atoms with Crippen LogP contribution in [0, 0.1) is 10.1 Å². The van der Waals surface area contributed by atoms with Crippen LogP contribution < -0.4 is 14.8 Å². The first-order chi connectivity index (χ1) is 9.19. The number of nitro benzene ring substituents is 1. The zero-order valence-corrected chi connectivity index (χ0v) is 12.1. The SMILES string of the molecule is COc1cc(C(=O)NC(C)(C)C)c([N+](=O)[O-])cc1OC. The minimum atomic E-state index is -0.625. The lowest BCUT2D eigenvalue weighted by Crippen LogP contribution is -2.40. The van der Waals surface area contributed by atoms with E-state index in [-0.39, 0.29) is 22.7 Å². The van der Waals surface area contributed by atoms with E-state index in [0.29, 0.717) is 0 Å². The Kier molecular flexibility index (Phi) is 4.54. The van der Waals surface area contributed by atoms with Crippen LogP contribution in [0.15, 0.2) is 12.1 Å². The second-order valence-corrected chi connectivity index (χ2v) is 5.19. The lowest BCUT2D eigenvalue weighted by Gasteiger charge is -2.20. The molecule has 0 heterocycles. The number of nitrogens with zero attached hydrogens (tertiary/aromatic N) is 1. The molecule has 1 N–H and O–H groups in total. The van der Waals surface area contributed by atoms with Gasteiger partial charge in [0.25, 0.3) is 11.6 Å². The number of amides is 1. The first kappa shape index (κ1) is 15.7. The molecule has 0 aliphatic rings. The third-order valence-electron chi connectivity index (χ3n) is 2.43. The minimum Gasteiger partial charge on any atom is -0.493 e. The zero-order valence-electron chi connectivity index (χ0n) is 12.1. The summed E-state index contributed by atoms with van der Waals surface area (Å²) in [5.74, 6) is -0.0752. The molecule has 0 aliphatic carbocycles. The second-order valence-electron chi connectivity index (χ2n) is 5.19. The molecule has 0 fully saturated rings. The molecule has 1 aromatic rings. The second kappa shape index (κ2) is 5.77. The molecular formula is C13H18N2O5. The maximum atomic E-state index is 12.1. The normalized spacial score (nSPS) is 10.8. The van der Waals surface area contributed by atoms with Crippen LogP contribution in [-0.4, -0.2) is 30.6 Å². The van der Waals surface area contributed by atoms with Crippen molar-refractivity contribution in [3.05, 3.63) is 27.8 Å². The molecule has 0 aromatic heterocycles. The van der Waals surface area contributed by atoms with Crippen LogP contribution in [0.3, 0.4) is 0 Å². The van der Waals surface area contributed by atoms with Gasteiger partial charge in [0.2, 0.25) is 0 Å². The Morgan fingerprint density at radius 1 is 1.20 bits per heavy atom. The number of carbonyl (C=O) groups is 1. The third kappa shape index (κ3) is 3.59. The first-order valence-corrected chi connectivity index (χ1v) is 5.92. The standard InChI is InChI=1S/C13H18N2O5/c1-13(2,3)14-12(16)8-6-10(19-4)11(20-5)7-9(8)15(17)18/h6-7H,1-5H3,(H,14,16). The van der Waals surface area contributed by atoms with E-state index in [9.17, 15) is 14.9 Å². The summed E-state index contributed by atoms with van der Waals surface area (Å²) in [5.41, 5.74) is -0.898. The highest BCUT2D eigenvalue weighted by Gasteiger charge is 2.26. The molecule has 1 aromatic carbocycles. The van der Waals surface area contributed by atoms with Gasteiger partial charge in [0.1, 0.15) is 5.56 Å². The van der Waals surface area contributed by atoms with E-state index >= 15 is 0 Å². The van der Waals surface area contributed by atoms with Gasteiger partial charge >= 0.3 is 0 Å². The van der Waals surface area contributed by atoms with Gasteiger partial charge in [-0.25, -0.2) is 0 Å². The number of nitrogens with one attached hydrogen (secondary N) is 1. The van der Waals surface area contributed by atoms with Gasteiger partial charge in [-0.1, -0.05) is 0 Å². The van der Waals surface area contributed by atoms with Crippen LogP contribution in [0.25, 0.3) is 0 Å². The van der Waals surface area contributed by atoms with Crippen molar-refractivity contribution in [2.45, 2.75) is 26.3 Å². The molecule has 0 spiro atoms. The summed E-state index contributed by atoms with van der Waals surface area (Å²) >= 11 is 0. The van der Waals surface area contributed by atoms with E-state index in [1.807, 2.05) is 0 Å². The highest BCUT2D eigenvalue weighted by atomic mass is 16.6. The first-order valence-electron chi connectivity index (χ1n) is 5.92. The summed E-state index contributed by atoms with van der Waals surface area (Å²) in [6.45, 7) is 5.37. The van der Waals surface area contributed by atoms with Crippen molar-refractivity contribution in [3.63, 3.8) is 0 Å². The summed E-state index contributed by atoms with van der Waals surface area (Å²) < 4.78 is 10.1. The molecule has 0 atom stereocenters. The quantitative estimate of drug-likeness (QED) is 0.675. The van der Waals surface area contributed by atoms with Crippen molar-refractivity contribution >= 4 is 11.6 Å². The van der Waals surface area contributed by atoms with E-state index in [0.717, 1.165) is 0 Å². The van der Waals surface area contributed by atoms with Crippen molar-refractivity contribution in [3.8, 4) is 11.5 Å². The van der Waals surface area contributed by atoms with Crippen LogP contribution in [-0.2, 0) is 0 Å². The predicted octanol–water partition coefficient (Wildman–Crippen LogP) is 2.14. The fourth-order valence-electron chi connectivity index (χ4n) is 1.61. The lowest BCUT2D eigenvalue weighted by atomic mass is 10.1. The van der Waals surface area contributed by atoms with Crippen molar-refractivity contribution in [2.75, 3.05) is 14.2 Å². The fraction of sp³-hybridized carbons (Fsp3) is 0.462. The summed E-state index contributed by atoms with van der Waals surface area (Å²) in [6, 6.07) is 2.48. The molecule has 1 amide bonds. The maximum absolute atomic E-state index is 12.1. The number of ether oxygens (including phenoxy) is 2. The van der Waals surface area contributed by atoms with E-state index < -0.39 is 16.4 Å². The average molecular weight is 282 g/mol. The maximum Gasteiger partial charge on any atom is 0.286 e. The van der Waals surface area contributed by atoms with E-state index in [1.54, 1.807) is 20.8 Å². The number of carbonyl (C=O) groups excluding carboxylic acids is 1. The number of nitro groups is 1. The Labute approximate surface area is 117 Å². The van der Waals surface area contributed by atoms with Crippen LogP contribution in [0.4, 0.5) is 5.69 Å². The Bertz CT molecular complexity index is 534. The van der Waals surface area contributed by atoms with Gasteiger partial charge in [0.05, 0.1) is 25.2 Å². The monoisotopic (exact) mass is 282 g/mol. The number of hydrogen-bond acceptors (Lipinski definition) is 5. The Hall–Kier alpha value is -2.31. The summed E-state index contributed by atoms with van der Waals surface area (Å²) in [4.78, 5) is 22.6. The number of hydrogen-bond donors (Lipinski definition) is 1. The van der Waals surface area contributed by atoms with Crippen LogP contribution in [0.5, 0.6) is 11.5 Å². The van der Waals surface area contributed by atoms with Gasteiger partial charge in [-0.2, -0.15) is 0 Å². The Morgan fingerprint density at radius 2 is 1.70 bits per heavy atom. The molecule has 7 heteroatoms. The molecule has 1 rings (SSSR count). The molecule has 0 saturated carbocycles. The van der Waals surface area contributed by atoms with E-state index in [4.69, 9.17) is 9.47 Å². The molecule has 0 aliphatic heterocycles. The molecule has 110 valence electrons. The highest BCUT2D eigenvalue weighted by Crippen LogP contribution is 2.34. The van der Waals surface area contributed by atoms with Gasteiger partial charge in [0, 0.05) is 11.6 Å². The summed E-state index contributed by atoms with van der Waals surface area (Å²) in [5, 5.41) is 13.8. The smallest absolute Gasteiger partial charge is 0.286 e. The van der Waals surface area contributed by atoms with E-state index in [1.165, 1.54) is 26.4 Å². The van der Waals surface area contributed by atoms with Crippen molar-refractivity contribution in [1.29, 1.82) is 0 Å². The molecule has 20 heavy (non-hydrogen) atoms. The zero-order chi connectivity index (χ0) is 15.5. The summed E-state index contributed by atoms with van der Waals surface area (Å²) in [7, 11) is 2.77. The minimum absolute atomic E-state index is 0.0671. The molecular weight excluding hydrogens is 264 g/mol. The topological polar surface area (TPSA) is 90.7 Å². The van der Waals surface area contributed by atoms with Gasteiger partial charge < -0.3 is 14.8 Å². The molecule has 0 unspecified atom stereocenters. The van der Waals surface area contributed by atoms with Gasteiger partial charge in [-0.05, 0) is 20.8 Å². The summed E-state index contributed by atoms with van der Waals surface area (Å²) in [6.07, 6.45) is 0. The van der Waals surface area contributed by atoms with Crippen molar-refractivity contribution in [2.24, 2.45) is 0 Å². The molecule has 0 radical (unpaired) electrons. The number of rotatable bonds is 4. The Morgan fingerprint density at radius 3 is 2.10 bits per heavy atom. The largest absolute Gasteiger partial charge is 0.493 e. The predicted molar refractivity (Wildman–Crippen MR) is 73.4 cm³/mol. The average Bonchev–Trinajstić information content (AvgIpc) is 2.34. The van der Waals surface area contributed by atoms with Crippen molar-refractivity contribution in [1.82, 2.24) is 5.32 Å². The van der Waals surface area contributed by atoms with Crippen LogP contribution in [0.1, 0.15) is 31.1 Å². The van der Waals surface area contributed by atoms with E-state index in [2.05, 4.69) is 5.32 Å². The van der Waals surface area contributed by atoms with Gasteiger partial charge in [-0.15, -0.1) is 0 Å². The van der Waals surface area contributed by atoms with Gasteiger partial charge in [0.15, 0.2) is 11.5 Å².